The zero-order chi connectivity index (χ0) is 15.4. The van der Waals surface area contributed by atoms with Crippen molar-refractivity contribution in [2.75, 3.05) is 0 Å². The summed E-state index contributed by atoms with van der Waals surface area (Å²) in [5, 5.41) is 0. The fourth-order valence-corrected chi connectivity index (χ4v) is 2.12. The molecule has 112 valence electrons. The Morgan fingerprint density at radius 1 is 1.05 bits per heavy atom. The van der Waals surface area contributed by atoms with Crippen LogP contribution < -0.4 is 16.0 Å². The van der Waals surface area contributed by atoms with Crippen LogP contribution in [0.2, 0.25) is 0 Å². The number of benzene rings is 2. The average molecular weight is 292 g/mol. The fourth-order valence-electron chi connectivity index (χ4n) is 2.12. The molecule has 3 N–H and O–H groups in total. The van der Waals surface area contributed by atoms with Crippen molar-refractivity contribution in [3.8, 4) is 5.75 Å². The SMILES string of the molecule is CC(C)Oc1ccc(C(NN)c2cccc(F)c2F)cc1. The highest BCUT2D eigenvalue weighted by molar-refractivity contribution is 5.36. The Morgan fingerprint density at radius 3 is 2.29 bits per heavy atom. The lowest BCUT2D eigenvalue weighted by Gasteiger charge is -2.18. The molecule has 0 saturated carbocycles. The lowest BCUT2D eigenvalue weighted by molar-refractivity contribution is 0.242. The van der Waals surface area contributed by atoms with Crippen LogP contribution in [0.15, 0.2) is 42.5 Å². The van der Waals surface area contributed by atoms with Gasteiger partial charge in [-0.2, -0.15) is 0 Å². The van der Waals surface area contributed by atoms with Gasteiger partial charge in [0, 0.05) is 5.56 Å². The van der Waals surface area contributed by atoms with Crippen LogP contribution in [0.4, 0.5) is 8.78 Å². The molecule has 0 heterocycles. The molecule has 0 fully saturated rings. The molecular weight excluding hydrogens is 274 g/mol. The van der Waals surface area contributed by atoms with Crippen LogP contribution in [0.25, 0.3) is 0 Å². The molecule has 5 heteroatoms. The Kier molecular flexibility index (Phi) is 4.88. The number of nitrogens with two attached hydrogens (primary N) is 1. The van der Waals surface area contributed by atoms with Gasteiger partial charge in [0.05, 0.1) is 12.1 Å². The predicted molar refractivity (Wildman–Crippen MR) is 77.7 cm³/mol. The van der Waals surface area contributed by atoms with E-state index in [0.717, 1.165) is 11.6 Å². The largest absolute Gasteiger partial charge is 0.491 e. The first kappa shape index (κ1) is 15.4. The molecule has 0 aliphatic carbocycles. The molecule has 1 unspecified atom stereocenters. The summed E-state index contributed by atoms with van der Waals surface area (Å²) in [5.74, 6) is 4.42. The minimum atomic E-state index is -0.900. The van der Waals surface area contributed by atoms with Crippen molar-refractivity contribution in [3.05, 3.63) is 65.2 Å². The van der Waals surface area contributed by atoms with Crippen LogP contribution in [0, 0.1) is 11.6 Å². The first-order chi connectivity index (χ1) is 10.0. The number of hydrazine groups is 1. The van der Waals surface area contributed by atoms with Crippen LogP contribution in [-0.2, 0) is 0 Å². The molecular formula is C16H18F2N2O. The topological polar surface area (TPSA) is 47.3 Å². The highest BCUT2D eigenvalue weighted by Gasteiger charge is 2.18. The van der Waals surface area contributed by atoms with E-state index in [-0.39, 0.29) is 11.7 Å². The zero-order valence-electron chi connectivity index (χ0n) is 11.9. The minimum absolute atomic E-state index is 0.0694. The van der Waals surface area contributed by atoms with E-state index in [4.69, 9.17) is 10.6 Å². The first-order valence-corrected chi connectivity index (χ1v) is 6.69. The summed E-state index contributed by atoms with van der Waals surface area (Å²) in [4.78, 5) is 0. The second kappa shape index (κ2) is 6.65. The first-order valence-electron chi connectivity index (χ1n) is 6.69. The summed E-state index contributed by atoms with van der Waals surface area (Å²) in [6.07, 6.45) is 0.0694. The third-order valence-corrected chi connectivity index (χ3v) is 3.04. The summed E-state index contributed by atoms with van der Waals surface area (Å²) in [5.41, 5.74) is 3.40. The van der Waals surface area contributed by atoms with Gasteiger partial charge in [0.25, 0.3) is 0 Å². The molecule has 0 radical (unpaired) electrons. The van der Waals surface area contributed by atoms with Crippen LogP contribution in [-0.4, -0.2) is 6.10 Å². The number of hydrogen-bond acceptors (Lipinski definition) is 3. The summed E-state index contributed by atoms with van der Waals surface area (Å²) in [7, 11) is 0. The average Bonchev–Trinajstić information content (AvgIpc) is 2.45. The lowest BCUT2D eigenvalue weighted by atomic mass is 9.98. The van der Waals surface area contributed by atoms with E-state index >= 15 is 0 Å². The van der Waals surface area contributed by atoms with Gasteiger partial charge in [0.15, 0.2) is 11.6 Å². The third kappa shape index (κ3) is 3.56. The maximum absolute atomic E-state index is 13.9. The Morgan fingerprint density at radius 2 is 1.71 bits per heavy atom. The smallest absolute Gasteiger partial charge is 0.163 e. The van der Waals surface area contributed by atoms with Crippen molar-refractivity contribution in [2.24, 2.45) is 5.84 Å². The highest BCUT2D eigenvalue weighted by Crippen LogP contribution is 2.26. The number of rotatable bonds is 5. The van der Waals surface area contributed by atoms with Crippen molar-refractivity contribution in [3.63, 3.8) is 0 Å². The maximum Gasteiger partial charge on any atom is 0.163 e. The van der Waals surface area contributed by atoms with Gasteiger partial charge in [-0.25, -0.2) is 14.2 Å². The summed E-state index contributed by atoms with van der Waals surface area (Å²) in [6.45, 7) is 3.86. The molecule has 2 aromatic rings. The Hall–Kier alpha value is -1.98. The standard InChI is InChI=1S/C16H18F2N2O/c1-10(2)21-12-8-6-11(7-9-12)16(20-19)13-4-3-5-14(17)15(13)18/h3-10,16,20H,19H2,1-2H3. The molecule has 1 atom stereocenters. The van der Waals surface area contributed by atoms with E-state index in [1.54, 1.807) is 24.3 Å². The monoisotopic (exact) mass is 292 g/mol. The molecule has 0 amide bonds. The second-order valence-electron chi connectivity index (χ2n) is 4.98. The van der Waals surface area contributed by atoms with Crippen LogP contribution in [0.1, 0.15) is 31.0 Å². The van der Waals surface area contributed by atoms with Crippen molar-refractivity contribution < 1.29 is 13.5 Å². The summed E-state index contributed by atoms with van der Waals surface area (Å²) in [6, 6.07) is 10.5. The molecule has 0 aliphatic rings. The Balaban J connectivity index is 2.31. The van der Waals surface area contributed by atoms with Crippen molar-refractivity contribution in [1.29, 1.82) is 0 Å². The second-order valence-corrected chi connectivity index (χ2v) is 4.98. The van der Waals surface area contributed by atoms with Gasteiger partial charge >= 0.3 is 0 Å². The molecule has 21 heavy (non-hydrogen) atoms. The van der Waals surface area contributed by atoms with Gasteiger partial charge in [-0.05, 0) is 37.6 Å². The summed E-state index contributed by atoms with van der Waals surface area (Å²) >= 11 is 0. The van der Waals surface area contributed by atoms with Crippen LogP contribution >= 0.6 is 0 Å². The molecule has 0 spiro atoms. The molecule has 2 rings (SSSR count). The molecule has 0 saturated heterocycles. The number of ether oxygens (including phenoxy) is 1. The zero-order valence-corrected chi connectivity index (χ0v) is 11.9. The van der Waals surface area contributed by atoms with E-state index in [1.807, 2.05) is 13.8 Å². The molecule has 0 aliphatic heterocycles. The number of nitrogens with one attached hydrogen (secondary N) is 1. The number of halogens is 2. The maximum atomic E-state index is 13.9. The summed E-state index contributed by atoms with van der Waals surface area (Å²) < 4.78 is 32.8. The third-order valence-electron chi connectivity index (χ3n) is 3.04. The molecule has 3 nitrogen and oxygen atoms in total. The van der Waals surface area contributed by atoms with Gasteiger partial charge < -0.3 is 4.74 Å². The quantitative estimate of drug-likeness (QED) is 0.656. The van der Waals surface area contributed by atoms with Gasteiger partial charge in [-0.3, -0.25) is 5.84 Å². The molecule has 0 bridgehead atoms. The van der Waals surface area contributed by atoms with Crippen LogP contribution in [0.3, 0.4) is 0 Å². The van der Waals surface area contributed by atoms with Crippen molar-refractivity contribution in [1.82, 2.24) is 5.43 Å². The van der Waals surface area contributed by atoms with Crippen molar-refractivity contribution in [2.45, 2.75) is 26.0 Å². The highest BCUT2D eigenvalue weighted by atomic mass is 19.2. The van der Waals surface area contributed by atoms with Gasteiger partial charge in [0.2, 0.25) is 0 Å². The van der Waals surface area contributed by atoms with Crippen molar-refractivity contribution >= 4 is 0 Å². The van der Waals surface area contributed by atoms with Gasteiger partial charge in [-0.15, -0.1) is 0 Å². The van der Waals surface area contributed by atoms with Crippen LogP contribution in [0.5, 0.6) is 5.75 Å². The van der Waals surface area contributed by atoms with E-state index in [2.05, 4.69) is 5.43 Å². The Bertz CT molecular complexity index is 600. The van der Waals surface area contributed by atoms with Gasteiger partial charge in [0.1, 0.15) is 5.75 Å². The lowest BCUT2D eigenvalue weighted by Crippen LogP contribution is -2.29. The van der Waals surface area contributed by atoms with Gasteiger partial charge in [-0.1, -0.05) is 24.3 Å². The number of hydrogen-bond donors (Lipinski definition) is 2. The van der Waals surface area contributed by atoms with E-state index in [0.29, 0.717) is 5.75 Å². The molecule has 2 aromatic carbocycles. The molecule has 0 aromatic heterocycles. The fraction of sp³-hybridized carbons (Fsp3) is 0.250. The van der Waals surface area contributed by atoms with E-state index in [9.17, 15) is 8.78 Å². The predicted octanol–water partition coefficient (Wildman–Crippen LogP) is 3.30. The van der Waals surface area contributed by atoms with E-state index < -0.39 is 17.7 Å². The normalized spacial score (nSPS) is 12.5. The van der Waals surface area contributed by atoms with E-state index in [1.165, 1.54) is 12.1 Å². The minimum Gasteiger partial charge on any atom is -0.491 e. The Labute approximate surface area is 122 Å².